The Labute approximate surface area is 204 Å². The van der Waals surface area contributed by atoms with E-state index in [0.29, 0.717) is 13.2 Å². The number of morpholine rings is 1. The van der Waals surface area contributed by atoms with Crippen molar-refractivity contribution in [2.24, 2.45) is 0 Å². The molecule has 0 saturated carbocycles. The number of hydrogen-bond donors (Lipinski definition) is 3. The van der Waals surface area contributed by atoms with Gasteiger partial charge in [0, 0.05) is 25.6 Å². The lowest BCUT2D eigenvalue weighted by atomic mass is 9.98. The number of carbonyl (C=O) groups excluding carboxylic acids is 2. The number of carbonyl (C=O) groups is 3. The maximum absolute atomic E-state index is 12.7. The number of carboxylic acids is 1. The smallest absolute Gasteiger partial charge is 0.407 e. The molecule has 0 bridgehead atoms. The molecule has 2 aromatic carbocycles. The number of ether oxygens (including phenoxy) is 2. The Bertz CT molecular complexity index is 1030. The molecule has 0 radical (unpaired) electrons. The Morgan fingerprint density at radius 2 is 1.77 bits per heavy atom. The molecule has 2 atom stereocenters. The number of fused-ring (bicyclic) bond motifs is 3. The van der Waals surface area contributed by atoms with E-state index in [4.69, 9.17) is 9.47 Å². The monoisotopic (exact) mass is 481 g/mol. The van der Waals surface area contributed by atoms with Gasteiger partial charge in [-0.05, 0) is 28.8 Å². The summed E-state index contributed by atoms with van der Waals surface area (Å²) in [6.07, 6.45) is -1.57. The van der Waals surface area contributed by atoms with Crippen LogP contribution < -0.4 is 10.6 Å². The number of rotatable bonds is 9. The third-order valence-corrected chi connectivity index (χ3v) is 6.51. The van der Waals surface area contributed by atoms with Crippen molar-refractivity contribution in [2.45, 2.75) is 31.4 Å². The molecule has 4 rings (SSSR count). The number of nitrogens with one attached hydrogen (secondary N) is 2. The first-order chi connectivity index (χ1) is 17.0. The van der Waals surface area contributed by atoms with Crippen molar-refractivity contribution in [3.05, 3.63) is 59.7 Å². The highest BCUT2D eigenvalue weighted by Crippen LogP contribution is 2.44. The number of likely N-dealkylation sites (N-methyl/N-ethyl adjacent to an activating group) is 1. The molecule has 2 unspecified atom stereocenters. The van der Waals surface area contributed by atoms with E-state index < -0.39 is 30.4 Å². The van der Waals surface area contributed by atoms with Crippen LogP contribution in [0, 0.1) is 0 Å². The molecule has 9 nitrogen and oxygen atoms in total. The molecular formula is C26H31N3O6. The highest BCUT2D eigenvalue weighted by Gasteiger charge is 2.30. The lowest BCUT2D eigenvalue weighted by Gasteiger charge is -2.32. The molecule has 35 heavy (non-hydrogen) atoms. The van der Waals surface area contributed by atoms with E-state index in [0.717, 1.165) is 35.3 Å². The van der Waals surface area contributed by atoms with Crippen molar-refractivity contribution in [3.8, 4) is 11.1 Å². The minimum absolute atomic E-state index is 0.0734. The van der Waals surface area contributed by atoms with Gasteiger partial charge in [0.1, 0.15) is 12.6 Å². The first kappa shape index (κ1) is 24.7. The molecule has 1 fully saturated rings. The van der Waals surface area contributed by atoms with Crippen LogP contribution in [-0.4, -0.2) is 79.5 Å². The van der Waals surface area contributed by atoms with Gasteiger partial charge in [0.05, 0.1) is 19.1 Å². The summed E-state index contributed by atoms with van der Waals surface area (Å²) in [4.78, 5) is 38.8. The number of hydrogen-bond acceptors (Lipinski definition) is 6. The van der Waals surface area contributed by atoms with Crippen LogP contribution in [0.25, 0.3) is 11.1 Å². The summed E-state index contributed by atoms with van der Waals surface area (Å²) in [6, 6.07) is 14.7. The third-order valence-electron chi connectivity index (χ3n) is 6.51. The van der Waals surface area contributed by atoms with Crippen LogP contribution in [-0.2, 0) is 19.1 Å². The summed E-state index contributed by atoms with van der Waals surface area (Å²) in [5.41, 5.74) is 4.34. The number of aliphatic carboxylic acids is 1. The molecule has 1 aliphatic heterocycles. The topological polar surface area (TPSA) is 117 Å². The summed E-state index contributed by atoms with van der Waals surface area (Å²) in [6.45, 7) is 5.35. The van der Waals surface area contributed by atoms with Gasteiger partial charge in [0.15, 0.2) is 0 Å². The number of amides is 2. The standard InChI is InChI=1S/C26H31N3O6/c1-2-29-11-12-34-17(15-29)14-27-25(32)23(13-24(30)31)28-26(33)35-16-22-20-9-5-3-7-18(20)19-8-4-6-10-21(19)22/h3-10,17,22-23H,2,11-16H2,1H3,(H,27,32)(H,28,33)(H,30,31). The number of nitrogens with zero attached hydrogens (tertiary/aromatic N) is 1. The normalized spacial score (nSPS) is 18.3. The summed E-state index contributed by atoms with van der Waals surface area (Å²) in [5, 5.41) is 14.4. The minimum Gasteiger partial charge on any atom is -0.481 e. The fraction of sp³-hybridized carbons (Fsp3) is 0.423. The molecule has 2 aliphatic rings. The Morgan fingerprint density at radius 3 is 2.40 bits per heavy atom. The summed E-state index contributed by atoms with van der Waals surface area (Å²) in [5.74, 6) is -1.92. The maximum atomic E-state index is 12.7. The first-order valence-electron chi connectivity index (χ1n) is 11.9. The number of carboxylic acid groups (broad SMARTS) is 1. The molecule has 1 aliphatic carbocycles. The highest BCUT2D eigenvalue weighted by atomic mass is 16.5. The van der Waals surface area contributed by atoms with E-state index in [-0.39, 0.29) is 25.2 Å². The lowest BCUT2D eigenvalue weighted by molar-refractivity contribution is -0.140. The van der Waals surface area contributed by atoms with E-state index in [1.807, 2.05) is 48.5 Å². The number of benzene rings is 2. The summed E-state index contributed by atoms with van der Waals surface area (Å²) < 4.78 is 11.1. The van der Waals surface area contributed by atoms with Crippen LogP contribution in [0.5, 0.6) is 0 Å². The Hall–Kier alpha value is -3.43. The van der Waals surface area contributed by atoms with Gasteiger partial charge in [-0.2, -0.15) is 0 Å². The van der Waals surface area contributed by atoms with Crippen molar-refractivity contribution in [1.82, 2.24) is 15.5 Å². The molecule has 9 heteroatoms. The van der Waals surface area contributed by atoms with E-state index in [1.165, 1.54) is 0 Å². The first-order valence-corrected chi connectivity index (χ1v) is 11.9. The predicted molar refractivity (Wildman–Crippen MR) is 129 cm³/mol. The average Bonchev–Trinajstić information content (AvgIpc) is 3.19. The van der Waals surface area contributed by atoms with Gasteiger partial charge in [-0.25, -0.2) is 4.79 Å². The zero-order chi connectivity index (χ0) is 24.8. The van der Waals surface area contributed by atoms with Crippen molar-refractivity contribution in [2.75, 3.05) is 39.4 Å². The van der Waals surface area contributed by atoms with Crippen LogP contribution in [0.3, 0.4) is 0 Å². The van der Waals surface area contributed by atoms with Crippen LogP contribution in [0.15, 0.2) is 48.5 Å². The van der Waals surface area contributed by atoms with Crippen molar-refractivity contribution in [3.63, 3.8) is 0 Å². The van der Waals surface area contributed by atoms with Gasteiger partial charge in [-0.1, -0.05) is 55.5 Å². The lowest BCUT2D eigenvalue weighted by Crippen LogP contribution is -2.52. The second kappa shape index (κ2) is 11.3. The molecule has 0 aromatic heterocycles. The third kappa shape index (κ3) is 5.98. The SMILES string of the molecule is CCN1CCOC(CNC(=O)C(CC(=O)O)NC(=O)OCC2c3ccccc3-c3ccccc32)C1. The van der Waals surface area contributed by atoms with Gasteiger partial charge in [0.2, 0.25) is 5.91 Å². The van der Waals surface area contributed by atoms with Crippen LogP contribution in [0.2, 0.25) is 0 Å². The molecule has 2 aromatic rings. The van der Waals surface area contributed by atoms with Crippen molar-refractivity contribution < 1.29 is 29.0 Å². The molecule has 186 valence electrons. The summed E-state index contributed by atoms with van der Waals surface area (Å²) >= 11 is 0. The Balaban J connectivity index is 1.34. The van der Waals surface area contributed by atoms with Crippen LogP contribution in [0.4, 0.5) is 4.79 Å². The van der Waals surface area contributed by atoms with E-state index >= 15 is 0 Å². The van der Waals surface area contributed by atoms with Gasteiger partial charge in [0.25, 0.3) is 0 Å². The summed E-state index contributed by atoms with van der Waals surface area (Å²) in [7, 11) is 0. The van der Waals surface area contributed by atoms with Gasteiger partial charge in [-0.15, -0.1) is 0 Å². The second-order valence-electron chi connectivity index (χ2n) is 8.75. The molecule has 1 heterocycles. The fourth-order valence-electron chi connectivity index (χ4n) is 4.69. The molecule has 2 amide bonds. The van der Waals surface area contributed by atoms with Crippen molar-refractivity contribution >= 4 is 18.0 Å². The molecule has 1 saturated heterocycles. The van der Waals surface area contributed by atoms with Gasteiger partial charge in [-0.3, -0.25) is 14.5 Å². The van der Waals surface area contributed by atoms with Crippen LogP contribution in [0.1, 0.15) is 30.4 Å². The average molecular weight is 482 g/mol. The molecule has 3 N–H and O–H groups in total. The van der Waals surface area contributed by atoms with E-state index in [2.05, 4.69) is 22.5 Å². The second-order valence-corrected chi connectivity index (χ2v) is 8.75. The largest absolute Gasteiger partial charge is 0.481 e. The highest BCUT2D eigenvalue weighted by molar-refractivity contribution is 5.89. The zero-order valence-corrected chi connectivity index (χ0v) is 19.7. The Morgan fingerprint density at radius 1 is 1.11 bits per heavy atom. The van der Waals surface area contributed by atoms with Gasteiger partial charge >= 0.3 is 12.1 Å². The van der Waals surface area contributed by atoms with Gasteiger partial charge < -0.3 is 25.2 Å². The molecule has 0 spiro atoms. The van der Waals surface area contributed by atoms with E-state index in [9.17, 15) is 19.5 Å². The predicted octanol–water partition coefficient (Wildman–Crippen LogP) is 2.21. The van der Waals surface area contributed by atoms with E-state index in [1.54, 1.807) is 0 Å². The quantitative estimate of drug-likeness (QED) is 0.503. The molecular weight excluding hydrogens is 450 g/mol. The van der Waals surface area contributed by atoms with Crippen molar-refractivity contribution in [1.29, 1.82) is 0 Å². The minimum atomic E-state index is -1.26. The number of alkyl carbamates (subject to hydrolysis) is 1. The zero-order valence-electron chi connectivity index (χ0n) is 19.7. The fourth-order valence-corrected chi connectivity index (χ4v) is 4.69. The van der Waals surface area contributed by atoms with Crippen LogP contribution >= 0.6 is 0 Å². The Kier molecular flexibility index (Phi) is 7.99. The maximum Gasteiger partial charge on any atom is 0.407 e.